The molecule has 0 bridgehead atoms. The molecule has 0 saturated heterocycles. The summed E-state index contributed by atoms with van der Waals surface area (Å²) in [6, 6.07) is 0.668. The summed E-state index contributed by atoms with van der Waals surface area (Å²) in [6.07, 6.45) is 2.51. The molecule has 10 heavy (non-hydrogen) atoms. The lowest BCUT2D eigenvalue weighted by molar-refractivity contribution is -0.121. The molecule has 1 saturated carbocycles. The van der Waals surface area contributed by atoms with Crippen molar-refractivity contribution in [3.63, 3.8) is 0 Å². The molecule has 0 heterocycles. The third kappa shape index (κ3) is 2.35. The first-order valence-electron chi connectivity index (χ1n) is 3.73. The Labute approximate surface area is 61.0 Å². The van der Waals surface area contributed by atoms with Crippen molar-refractivity contribution in [2.45, 2.75) is 25.8 Å². The number of amides is 1. The third-order valence-corrected chi connectivity index (χ3v) is 1.78. The van der Waals surface area contributed by atoms with Gasteiger partial charge in [0.15, 0.2) is 0 Å². The Hall–Kier alpha value is -0.570. The predicted octanol–water partition coefficient (Wildman–Crippen LogP) is -0.140. The van der Waals surface area contributed by atoms with Gasteiger partial charge in [-0.25, -0.2) is 0 Å². The minimum atomic E-state index is -0.215. The molecule has 3 N–H and O–H groups in total. The molecule has 1 aliphatic rings. The standard InChI is InChI=1S/C7H14N2O/c1-5(7(8)10)4-9-6-2-3-6/h5-6,9H,2-4H2,1H3,(H2,8,10). The normalized spacial score (nSPS) is 20.5. The molecule has 0 aromatic rings. The molecular formula is C7H14N2O. The van der Waals surface area contributed by atoms with Gasteiger partial charge in [0, 0.05) is 18.5 Å². The number of primary amides is 1. The molecule has 0 aliphatic heterocycles. The van der Waals surface area contributed by atoms with Crippen molar-refractivity contribution in [2.24, 2.45) is 11.7 Å². The number of nitrogens with one attached hydrogen (secondary N) is 1. The third-order valence-electron chi connectivity index (χ3n) is 1.78. The van der Waals surface area contributed by atoms with Gasteiger partial charge in [0.25, 0.3) is 0 Å². The van der Waals surface area contributed by atoms with Gasteiger partial charge in [-0.15, -0.1) is 0 Å². The summed E-state index contributed by atoms with van der Waals surface area (Å²) >= 11 is 0. The van der Waals surface area contributed by atoms with Crippen LogP contribution in [0.4, 0.5) is 0 Å². The van der Waals surface area contributed by atoms with E-state index in [9.17, 15) is 4.79 Å². The van der Waals surface area contributed by atoms with Gasteiger partial charge in [-0.05, 0) is 12.8 Å². The maximum atomic E-state index is 10.5. The van der Waals surface area contributed by atoms with Gasteiger partial charge in [-0.3, -0.25) is 4.79 Å². The van der Waals surface area contributed by atoms with Crippen LogP contribution in [0.25, 0.3) is 0 Å². The Morgan fingerprint density at radius 1 is 1.80 bits per heavy atom. The zero-order valence-corrected chi connectivity index (χ0v) is 6.26. The summed E-state index contributed by atoms with van der Waals surface area (Å²) < 4.78 is 0. The first-order chi connectivity index (χ1) is 4.70. The zero-order chi connectivity index (χ0) is 7.56. The number of rotatable bonds is 4. The monoisotopic (exact) mass is 142 g/mol. The maximum absolute atomic E-state index is 10.5. The first-order valence-corrected chi connectivity index (χ1v) is 3.73. The summed E-state index contributed by atoms with van der Waals surface area (Å²) in [4.78, 5) is 10.5. The lowest BCUT2D eigenvalue weighted by atomic mass is 10.2. The van der Waals surface area contributed by atoms with Gasteiger partial charge in [0.1, 0.15) is 0 Å². The van der Waals surface area contributed by atoms with E-state index in [0.29, 0.717) is 6.04 Å². The van der Waals surface area contributed by atoms with Gasteiger partial charge in [0.2, 0.25) is 5.91 Å². The van der Waals surface area contributed by atoms with Gasteiger partial charge in [-0.2, -0.15) is 0 Å². The van der Waals surface area contributed by atoms with E-state index in [0.717, 1.165) is 6.54 Å². The van der Waals surface area contributed by atoms with Crippen molar-refractivity contribution >= 4 is 5.91 Å². The van der Waals surface area contributed by atoms with E-state index in [1.807, 2.05) is 6.92 Å². The van der Waals surface area contributed by atoms with E-state index in [-0.39, 0.29) is 11.8 Å². The van der Waals surface area contributed by atoms with Gasteiger partial charge in [-0.1, -0.05) is 6.92 Å². The second-order valence-electron chi connectivity index (χ2n) is 2.99. The molecule has 1 fully saturated rings. The molecule has 1 unspecified atom stereocenters. The van der Waals surface area contributed by atoms with E-state index in [1.54, 1.807) is 0 Å². The lowest BCUT2D eigenvalue weighted by Crippen LogP contribution is -2.31. The number of nitrogens with two attached hydrogens (primary N) is 1. The van der Waals surface area contributed by atoms with Crippen LogP contribution < -0.4 is 11.1 Å². The van der Waals surface area contributed by atoms with Gasteiger partial charge >= 0.3 is 0 Å². The fourth-order valence-electron chi connectivity index (χ4n) is 0.731. The summed E-state index contributed by atoms with van der Waals surface area (Å²) in [7, 11) is 0. The average Bonchev–Trinajstić information content (AvgIpc) is 2.64. The second kappa shape index (κ2) is 3.01. The Balaban J connectivity index is 2.05. The van der Waals surface area contributed by atoms with Gasteiger partial charge < -0.3 is 11.1 Å². The quantitative estimate of drug-likeness (QED) is 0.574. The lowest BCUT2D eigenvalue weighted by Gasteiger charge is -2.06. The second-order valence-corrected chi connectivity index (χ2v) is 2.99. The SMILES string of the molecule is CC(CNC1CC1)C(N)=O. The van der Waals surface area contributed by atoms with Crippen molar-refractivity contribution in [1.29, 1.82) is 0 Å². The fraction of sp³-hybridized carbons (Fsp3) is 0.857. The molecule has 0 radical (unpaired) electrons. The van der Waals surface area contributed by atoms with E-state index in [4.69, 9.17) is 5.73 Å². The molecule has 1 atom stereocenters. The molecule has 0 aromatic carbocycles. The first kappa shape index (κ1) is 7.54. The highest BCUT2D eigenvalue weighted by molar-refractivity contribution is 5.76. The highest BCUT2D eigenvalue weighted by Crippen LogP contribution is 2.18. The smallest absolute Gasteiger partial charge is 0.221 e. The Kier molecular flexibility index (Phi) is 2.27. The Bertz CT molecular complexity index is 132. The van der Waals surface area contributed by atoms with Crippen molar-refractivity contribution in [3.05, 3.63) is 0 Å². The average molecular weight is 142 g/mol. The largest absolute Gasteiger partial charge is 0.369 e. The van der Waals surface area contributed by atoms with Crippen LogP contribution in [-0.4, -0.2) is 18.5 Å². The summed E-state index contributed by atoms with van der Waals surface area (Å²) in [5.41, 5.74) is 5.06. The Morgan fingerprint density at radius 2 is 2.40 bits per heavy atom. The minimum absolute atomic E-state index is 0.0272. The van der Waals surface area contributed by atoms with Crippen LogP contribution >= 0.6 is 0 Å². The number of hydrogen-bond donors (Lipinski definition) is 2. The zero-order valence-electron chi connectivity index (χ0n) is 6.26. The highest BCUT2D eigenvalue weighted by atomic mass is 16.1. The minimum Gasteiger partial charge on any atom is -0.369 e. The topological polar surface area (TPSA) is 55.1 Å². The van der Waals surface area contributed by atoms with Crippen LogP contribution in [0.2, 0.25) is 0 Å². The molecule has 0 aromatic heterocycles. The van der Waals surface area contributed by atoms with Crippen LogP contribution in [0.15, 0.2) is 0 Å². The van der Waals surface area contributed by atoms with Gasteiger partial charge in [0.05, 0.1) is 0 Å². The Morgan fingerprint density at radius 3 is 2.80 bits per heavy atom. The van der Waals surface area contributed by atoms with E-state index in [2.05, 4.69) is 5.32 Å². The predicted molar refractivity (Wildman–Crippen MR) is 39.4 cm³/mol. The molecule has 58 valence electrons. The fourth-order valence-corrected chi connectivity index (χ4v) is 0.731. The van der Waals surface area contributed by atoms with E-state index in [1.165, 1.54) is 12.8 Å². The molecule has 1 rings (SSSR count). The highest BCUT2D eigenvalue weighted by Gasteiger charge is 2.21. The summed E-state index contributed by atoms with van der Waals surface area (Å²) in [6.45, 7) is 2.58. The van der Waals surface area contributed by atoms with Crippen LogP contribution in [0.5, 0.6) is 0 Å². The number of hydrogen-bond acceptors (Lipinski definition) is 2. The summed E-state index contributed by atoms with van der Waals surface area (Å²) in [5, 5.41) is 3.24. The van der Waals surface area contributed by atoms with E-state index >= 15 is 0 Å². The van der Waals surface area contributed by atoms with Crippen LogP contribution in [-0.2, 0) is 4.79 Å². The maximum Gasteiger partial charge on any atom is 0.221 e. The van der Waals surface area contributed by atoms with Crippen molar-refractivity contribution in [2.75, 3.05) is 6.54 Å². The number of carbonyl (C=O) groups excluding carboxylic acids is 1. The molecule has 1 amide bonds. The van der Waals surface area contributed by atoms with Crippen LogP contribution in [0.3, 0.4) is 0 Å². The van der Waals surface area contributed by atoms with Crippen molar-refractivity contribution in [1.82, 2.24) is 5.32 Å². The molecule has 0 spiro atoms. The summed E-state index contributed by atoms with van der Waals surface area (Å²) in [5.74, 6) is -0.242. The molecular weight excluding hydrogens is 128 g/mol. The van der Waals surface area contributed by atoms with E-state index < -0.39 is 0 Å². The number of carbonyl (C=O) groups is 1. The molecule has 1 aliphatic carbocycles. The molecule has 3 nitrogen and oxygen atoms in total. The van der Waals surface area contributed by atoms with Crippen LogP contribution in [0, 0.1) is 5.92 Å². The van der Waals surface area contributed by atoms with Crippen molar-refractivity contribution < 1.29 is 4.79 Å². The van der Waals surface area contributed by atoms with Crippen LogP contribution in [0.1, 0.15) is 19.8 Å². The van der Waals surface area contributed by atoms with Crippen molar-refractivity contribution in [3.8, 4) is 0 Å². The molecule has 3 heteroatoms.